The molecule has 0 aliphatic rings. The molecule has 1 atom stereocenters. The number of rotatable bonds is 5. The van der Waals surface area contributed by atoms with Crippen molar-refractivity contribution in [2.45, 2.75) is 19.4 Å². The van der Waals surface area contributed by atoms with Gasteiger partial charge in [0.1, 0.15) is 11.8 Å². The van der Waals surface area contributed by atoms with Crippen molar-refractivity contribution in [2.24, 2.45) is 0 Å². The molecule has 21 heavy (non-hydrogen) atoms. The molecule has 0 bridgehead atoms. The molecule has 1 heterocycles. The monoisotopic (exact) mass is 283 g/mol. The van der Waals surface area contributed by atoms with E-state index in [2.05, 4.69) is 17.2 Å². The van der Waals surface area contributed by atoms with Crippen LogP contribution in [0.4, 0.5) is 0 Å². The molecule has 2 aromatic rings. The number of carbonyl (C=O) groups excluding carboxylic acids is 1. The average Bonchev–Trinajstić information content (AvgIpc) is 3.01. The van der Waals surface area contributed by atoms with Gasteiger partial charge in [-0.2, -0.15) is 5.26 Å². The third-order valence-electron chi connectivity index (χ3n) is 3.34. The van der Waals surface area contributed by atoms with Crippen molar-refractivity contribution in [2.75, 3.05) is 6.61 Å². The lowest BCUT2D eigenvalue weighted by Gasteiger charge is -2.16. The fourth-order valence-electron chi connectivity index (χ4n) is 2.05. The van der Waals surface area contributed by atoms with Crippen LogP contribution >= 0.6 is 0 Å². The highest BCUT2D eigenvalue weighted by Crippen LogP contribution is 2.15. The Kier molecular flexibility index (Phi) is 4.75. The Bertz CT molecular complexity index is 653. The SMILES string of the molecule is CCc1ccc(C(CO)NC(=O)c2c[nH]c(C#N)c2)cc1. The summed E-state index contributed by atoms with van der Waals surface area (Å²) >= 11 is 0. The van der Waals surface area contributed by atoms with Gasteiger partial charge in [-0.1, -0.05) is 31.2 Å². The number of amides is 1. The number of benzene rings is 1. The lowest BCUT2D eigenvalue weighted by Crippen LogP contribution is -2.30. The Morgan fingerprint density at radius 3 is 2.67 bits per heavy atom. The topological polar surface area (TPSA) is 88.9 Å². The summed E-state index contributed by atoms with van der Waals surface area (Å²) in [6, 6.07) is 10.7. The van der Waals surface area contributed by atoms with Crippen molar-refractivity contribution in [3.63, 3.8) is 0 Å². The number of aryl methyl sites for hydroxylation is 1. The normalized spacial score (nSPS) is 11.7. The Balaban J connectivity index is 2.10. The molecule has 108 valence electrons. The van der Waals surface area contributed by atoms with E-state index < -0.39 is 6.04 Å². The summed E-state index contributed by atoms with van der Waals surface area (Å²) in [6.45, 7) is 1.88. The first kappa shape index (κ1) is 14.8. The lowest BCUT2D eigenvalue weighted by atomic mass is 10.0. The van der Waals surface area contributed by atoms with Gasteiger partial charge in [0.15, 0.2) is 0 Å². The van der Waals surface area contributed by atoms with Crippen LogP contribution in [0.2, 0.25) is 0 Å². The smallest absolute Gasteiger partial charge is 0.253 e. The van der Waals surface area contributed by atoms with Gasteiger partial charge in [0.2, 0.25) is 0 Å². The highest BCUT2D eigenvalue weighted by molar-refractivity contribution is 5.94. The Morgan fingerprint density at radius 1 is 1.43 bits per heavy atom. The minimum Gasteiger partial charge on any atom is -0.394 e. The molecule has 1 aromatic carbocycles. The average molecular weight is 283 g/mol. The van der Waals surface area contributed by atoms with E-state index in [1.807, 2.05) is 30.3 Å². The highest BCUT2D eigenvalue weighted by Gasteiger charge is 2.16. The fraction of sp³-hybridized carbons (Fsp3) is 0.250. The number of H-pyrrole nitrogens is 1. The van der Waals surface area contributed by atoms with Crippen molar-refractivity contribution >= 4 is 5.91 Å². The zero-order valence-corrected chi connectivity index (χ0v) is 11.8. The van der Waals surface area contributed by atoms with E-state index in [1.165, 1.54) is 17.8 Å². The zero-order chi connectivity index (χ0) is 15.2. The number of hydrogen-bond donors (Lipinski definition) is 3. The third kappa shape index (κ3) is 3.50. The van der Waals surface area contributed by atoms with Gasteiger partial charge < -0.3 is 15.4 Å². The van der Waals surface area contributed by atoms with Gasteiger partial charge in [-0.3, -0.25) is 4.79 Å². The number of aliphatic hydroxyl groups is 1. The van der Waals surface area contributed by atoms with Gasteiger partial charge in [0, 0.05) is 6.20 Å². The maximum atomic E-state index is 12.1. The number of carbonyl (C=O) groups is 1. The molecular weight excluding hydrogens is 266 g/mol. The maximum Gasteiger partial charge on any atom is 0.253 e. The molecule has 0 radical (unpaired) electrons. The third-order valence-corrected chi connectivity index (χ3v) is 3.34. The van der Waals surface area contributed by atoms with Gasteiger partial charge in [0.25, 0.3) is 5.91 Å². The zero-order valence-electron chi connectivity index (χ0n) is 11.8. The van der Waals surface area contributed by atoms with Crippen molar-refractivity contribution in [1.29, 1.82) is 5.26 Å². The largest absolute Gasteiger partial charge is 0.394 e. The lowest BCUT2D eigenvalue weighted by molar-refractivity contribution is 0.0916. The van der Waals surface area contributed by atoms with E-state index in [0.29, 0.717) is 11.3 Å². The van der Waals surface area contributed by atoms with Crippen molar-refractivity contribution in [1.82, 2.24) is 10.3 Å². The number of aromatic amines is 1. The molecule has 0 spiro atoms. The first-order chi connectivity index (χ1) is 10.2. The molecule has 5 heteroatoms. The summed E-state index contributed by atoms with van der Waals surface area (Å²) in [5.74, 6) is -0.327. The molecule has 0 saturated carbocycles. The van der Waals surface area contributed by atoms with Crippen molar-refractivity contribution in [3.05, 3.63) is 58.9 Å². The minimum atomic E-state index is -0.469. The van der Waals surface area contributed by atoms with Gasteiger partial charge in [-0.25, -0.2) is 0 Å². The number of hydrogen-bond acceptors (Lipinski definition) is 3. The van der Waals surface area contributed by atoms with Crippen LogP contribution in [0, 0.1) is 11.3 Å². The van der Waals surface area contributed by atoms with Crippen LogP contribution in [-0.2, 0) is 6.42 Å². The Labute approximate surface area is 123 Å². The number of aliphatic hydroxyl groups excluding tert-OH is 1. The van der Waals surface area contributed by atoms with Crippen LogP contribution in [0.3, 0.4) is 0 Å². The van der Waals surface area contributed by atoms with E-state index in [4.69, 9.17) is 5.26 Å². The molecule has 3 N–H and O–H groups in total. The van der Waals surface area contributed by atoms with Gasteiger partial charge in [-0.15, -0.1) is 0 Å². The van der Waals surface area contributed by atoms with Crippen LogP contribution in [0.1, 0.15) is 40.1 Å². The summed E-state index contributed by atoms with van der Waals surface area (Å²) in [4.78, 5) is 14.8. The standard InChI is InChI=1S/C16H17N3O2/c1-2-11-3-5-12(6-4-11)15(10-20)19-16(21)13-7-14(8-17)18-9-13/h3-7,9,15,18,20H,2,10H2,1H3,(H,19,21). The molecule has 1 aromatic heterocycles. The van der Waals surface area contributed by atoms with E-state index >= 15 is 0 Å². The van der Waals surface area contributed by atoms with Gasteiger partial charge in [-0.05, 0) is 23.6 Å². The first-order valence-corrected chi connectivity index (χ1v) is 6.77. The van der Waals surface area contributed by atoms with Crippen molar-refractivity contribution in [3.8, 4) is 6.07 Å². The molecular formula is C16H17N3O2. The summed E-state index contributed by atoms with van der Waals surface area (Å²) in [6.07, 6.45) is 2.42. The molecule has 5 nitrogen and oxygen atoms in total. The molecule has 0 fully saturated rings. The predicted molar refractivity (Wildman–Crippen MR) is 78.6 cm³/mol. The quantitative estimate of drug-likeness (QED) is 0.783. The molecule has 1 unspecified atom stereocenters. The van der Waals surface area contributed by atoms with E-state index in [-0.39, 0.29) is 12.5 Å². The van der Waals surface area contributed by atoms with Crippen molar-refractivity contribution < 1.29 is 9.90 Å². The Morgan fingerprint density at radius 2 is 2.14 bits per heavy atom. The second-order valence-corrected chi connectivity index (χ2v) is 4.72. The second-order valence-electron chi connectivity index (χ2n) is 4.72. The van der Waals surface area contributed by atoms with Crippen LogP contribution in [-0.4, -0.2) is 22.6 Å². The number of aromatic nitrogens is 1. The Hall–Kier alpha value is -2.58. The highest BCUT2D eigenvalue weighted by atomic mass is 16.3. The first-order valence-electron chi connectivity index (χ1n) is 6.77. The van der Waals surface area contributed by atoms with Crippen LogP contribution in [0.5, 0.6) is 0 Å². The summed E-state index contributed by atoms with van der Waals surface area (Å²) in [5, 5.41) is 21.0. The number of nitrogens with zero attached hydrogens (tertiary/aromatic N) is 1. The number of nitrogens with one attached hydrogen (secondary N) is 2. The van der Waals surface area contributed by atoms with Crippen LogP contribution in [0.15, 0.2) is 36.5 Å². The molecule has 0 aliphatic heterocycles. The summed E-state index contributed by atoms with van der Waals surface area (Å²) < 4.78 is 0. The molecule has 0 saturated heterocycles. The maximum absolute atomic E-state index is 12.1. The summed E-state index contributed by atoms with van der Waals surface area (Å²) in [5.41, 5.74) is 2.74. The minimum absolute atomic E-state index is 0.188. The van der Waals surface area contributed by atoms with Gasteiger partial charge >= 0.3 is 0 Å². The molecule has 0 aliphatic carbocycles. The van der Waals surface area contributed by atoms with E-state index in [9.17, 15) is 9.90 Å². The van der Waals surface area contributed by atoms with E-state index in [1.54, 1.807) is 0 Å². The second kappa shape index (κ2) is 6.73. The predicted octanol–water partition coefficient (Wildman–Crippen LogP) is 1.91. The molecule has 1 amide bonds. The molecule has 2 rings (SSSR count). The van der Waals surface area contributed by atoms with Crippen LogP contribution in [0.25, 0.3) is 0 Å². The van der Waals surface area contributed by atoms with Gasteiger partial charge in [0.05, 0.1) is 18.2 Å². The number of nitriles is 1. The fourth-order valence-corrected chi connectivity index (χ4v) is 2.05. The van der Waals surface area contributed by atoms with E-state index in [0.717, 1.165) is 12.0 Å². The van der Waals surface area contributed by atoms with Crippen LogP contribution < -0.4 is 5.32 Å². The summed E-state index contributed by atoms with van der Waals surface area (Å²) in [7, 11) is 0.